The first-order valence-electron chi connectivity index (χ1n) is 5.32. The Kier molecular flexibility index (Phi) is 5.35. The molecule has 0 aliphatic rings. The molecule has 1 aromatic rings. The van der Waals surface area contributed by atoms with Gasteiger partial charge in [-0.15, -0.1) is 0 Å². The third kappa shape index (κ3) is 4.31. The minimum atomic E-state index is -0.201. The molecule has 0 atom stereocenters. The van der Waals surface area contributed by atoms with Crippen molar-refractivity contribution in [2.75, 3.05) is 25.6 Å². The van der Waals surface area contributed by atoms with Crippen molar-refractivity contribution in [3.63, 3.8) is 0 Å². The van der Waals surface area contributed by atoms with Gasteiger partial charge in [-0.05, 0) is 6.42 Å². The Hall–Kier alpha value is -1.56. The molecule has 90 valence electrons. The zero-order chi connectivity index (χ0) is 11.8. The minimum absolute atomic E-state index is 0.201. The highest BCUT2D eigenvalue weighted by Gasteiger charge is 2.02. The monoisotopic (exact) mass is 226 g/mol. The van der Waals surface area contributed by atoms with Crippen LogP contribution in [0.1, 0.15) is 13.3 Å². The lowest BCUT2D eigenvalue weighted by Gasteiger charge is -2.03. The quantitative estimate of drug-likeness (QED) is 0.762. The Balaban J connectivity index is 2.36. The first kappa shape index (κ1) is 12.5. The number of ether oxygens (including phenoxy) is 1. The lowest BCUT2D eigenvalue weighted by Crippen LogP contribution is -2.29. The van der Waals surface area contributed by atoms with Crippen LogP contribution in [-0.2, 0) is 11.3 Å². The summed E-state index contributed by atoms with van der Waals surface area (Å²) < 4.78 is 6.65. The second-order valence-electron chi connectivity index (χ2n) is 3.37. The smallest absolute Gasteiger partial charge is 0.319 e. The highest BCUT2D eigenvalue weighted by Crippen LogP contribution is 2.04. The molecule has 2 N–H and O–H groups in total. The van der Waals surface area contributed by atoms with E-state index in [0.717, 1.165) is 6.42 Å². The van der Waals surface area contributed by atoms with Crippen LogP contribution in [0.2, 0.25) is 0 Å². The Morgan fingerprint density at radius 2 is 2.44 bits per heavy atom. The summed E-state index contributed by atoms with van der Waals surface area (Å²) >= 11 is 0. The van der Waals surface area contributed by atoms with Crippen LogP contribution in [0.15, 0.2) is 12.4 Å². The molecular weight excluding hydrogens is 208 g/mol. The predicted molar refractivity (Wildman–Crippen MR) is 61.4 cm³/mol. The Morgan fingerprint density at radius 1 is 1.62 bits per heavy atom. The van der Waals surface area contributed by atoms with E-state index in [1.165, 1.54) is 0 Å². The number of hydrogen-bond acceptors (Lipinski definition) is 3. The molecule has 0 spiro atoms. The average Bonchev–Trinajstić information content (AvgIpc) is 2.71. The number of carbonyl (C=O) groups is 1. The summed E-state index contributed by atoms with van der Waals surface area (Å²) in [5, 5.41) is 9.50. The van der Waals surface area contributed by atoms with Crippen molar-refractivity contribution >= 4 is 11.7 Å². The van der Waals surface area contributed by atoms with E-state index >= 15 is 0 Å². The number of methoxy groups -OCH3 is 1. The minimum Gasteiger partial charge on any atom is -0.383 e. The summed E-state index contributed by atoms with van der Waals surface area (Å²) in [4.78, 5) is 11.3. The van der Waals surface area contributed by atoms with Crippen molar-refractivity contribution in [1.29, 1.82) is 0 Å². The second-order valence-corrected chi connectivity index (χ2v) is 3.37. The van der Waals surface area contributed by atoms with Gasteiger partial charge in [0.05, 0.1) is 25.0 Å². The zero-order valence-electron chi connectivity index (χ0n) is 9.69. The summed E-state index contributed by atoms with van der Waals surface area (Å²) in [6.45, 7) is 3.95. The molecule has 0 saturated carbocycles. The van der Waals surface area contributed by atoms with Crippen LogP contribution < -0.4 is 10.6 Å². The summed E-state index contributed by atoms with van der Waals surface area (Å²) in [7, 11) is 1.64. The second kappa shape index (κ2) is 6.84. The van der Waals surface area contributed by atoms with Crippen LogP contribution >= 0.6 is 0 Å². The molecule has 0 saturated heterocycles. The molecule has 1 aromatic heterocycles. The van der Waals surface area contributed by atoms with Gasteiger partial charge >= 0.3 is 6.03 Å². The van der Waals surface area contributed by atoms with Gasteiger partial charge in [-0.1, -0.05) is 6.92 Å². The zero-order valence-corrected chi connectivity index (χ0v) is 9.69. The number of anilines is 1. The van der Waals surface area contributed by atoms with Gasteiger partial charge in [-0.2, -0.15) is 5.10 Å². The number of nitrogens with zero attached hydrogens (tertiary/aromatic N) is 2. The van der Waals surface area contributed by atoms with Crippen LogP contribution in [0.5, 0.6) is 0 Å². The first-order chi connectivity index (χ1) is 7.76. The molecule has 0 unspecified atom stereocenters. The van der Waals surface area contributed by atoms with Crippen molar-refractivity contribution in [2.45, 2.75) is 19.9 Å². The van der Waals surface area contributed by atoms with Crippen molar-refractivity contribution in [3.8, 4) is 0 Å². The third-order valence-corrected chi connectivity index (χ3v) is 1.95. The van der Waals surface area contributed by atoms with E-state index in [4.69, 9.17) is 4.74 Å². The number of nitrogens with one attached hydrogen (secondary N) is 2. The van der Waals surface area contributed by atoms with Crippen molar-refractivity contribution in [3.05, 3.63) is 12.4 Å². The van der Waals surface area contributed by atoms with E-state index < -0.39 is 0 Å². The van der Waals surface area contributed by atoms with E-state index in [0.29, 0.717) is 25.4 Å². The molecule has 0 aliphatic carbocycles. The number of urea groups is 1. The Labute approximate surface area is 95.0 Å². The van der Waals surface area contributed by atoms with Gasteiger partial charge in [0.25, 0.3) is 0 Å². The van der Waals surface area contributed by atoms with Gasteiger partial charge < -0.3 is 15.4 Å². The molecular formula is C10H18N4O2. The molecule has 1 heterocycles. The van der Waals surface area contributed by atoms with E-state index in [1.54, 1.807) is 24.2 Å². The molecule has 0 radical (unpaired) electrons. The summed E-state index contributed by atoms with van der Waals surface area (Å²) in [6.07, 6.45) is 4.30. The number of rotatable bonds is 6. The summed E-state index contributed by atoms with van der Waals surface area (Å²) in [6, 6.07) is -0.201. The molecule has 6 nitrogen and oxygen atoms in total. The number of hydrogen-bond donors (Lipinski definition) is 2. The Morgan fingerprint density at radius 3 is 3.12 bits per heavy atom. The number of amides is 2. The fraction of sp³-hybridized carbons (Fsp3) is 0.600. The highest BCUT2D eigenvalue weighted by atomic mass is 16.5. The standard InChI is InChI=1S/C10H18N4O2/c1-3-4-11-10(15)13-9-7-12-14(8-9)5-6-16-2/h7-8H,3-6H2,1-2H3,(H2,11,13,15). The van der Waals surface area contributed by atoms with Crippen LogP contribution in [0.3, 0.4) is 0 Å². The van der Waals surface area contributed by atoms with E-state index in [1.807, 2.05) is 6.92 Å². The first-order valence-corrected chi connectivity index (χ1v) is 5.32. The fourth-order valence-electron chi connectivity index (χ4n) is 1.15. The summed E-state index contributed by atoms with van der Waals surface area (Å²) in [5.74, 6) is 0. The van der Waals surface area contributed by atoms with Gasteiger partial charge in [0, 0.05) is 19.9 Å². The maximum Gasteiger partial charge on any atom is 0.319 e. The molecule has 16 heavy (non-hydrogen) atoms. The number of carbonyl (C=O) groups excluding carboxylic acids is 1. The van der Waals surface area contributed by atoms with Crippen molar-refractivity contribution < 1.29 is 9.53 Å². The van der Waals surface area contributed by atoms with E-state index in [-0.39, 0.29) is 6.03 Å². The molecule has 0 aromatic carbocycles. The Bertz CT molecular complexity index is 324. The van der Waals surface area contributed by atoms with Crippen molar-refractivity contribution in [2.24, 2.45) is 0 Å². The normalized spacial score (nSPS) is 10.1. The molecule has 6 heteroatoms. The predicted octanol–water partition coefficient (Wildman–Crippen LogP) is 1.06. The maximum absolute atomic E-state index is 11.3. The van der Waals surface area contributed by atoms with Crippen LogP contribution in [0, 0.1) is 0 Å². The number of aromatic nitrogens is 2. The fourth-order valence-corrected chi connectivity index (χ4v) is 1.15. The topological polar surface area (TPSA) is 68.2 Å². The lowest BCUT2D eigenvalue weighted by molar-refractivity contribution is 0.183. The molecule has 1 rings (SSSR count). The maximum atomic E-state index is 11.3. The lowest BCUT2D eigenvalue weighted by atomic mass is 10.5. The van der Waals surface area contributed by atoms with Gasteiger partial charge in [-0.25, -0.2) is 4.79 Å². The van der Waals surface area contributed by atoms with Gasteiger partial charge in [0.1, 0.15) is 0 Å². The molecule has 2 amide bonds. The van der Waals surface area contributed by atoms with Gasteiger partial charge in [0.15, 0.2) is 0 Å². The van der Waals surface area contributed by atoms with Crippen LogP contribution in [-0.4, -0.2) is 36.1 Å². The largest absolute Gasteiger partial charge is 0.383 e. The van der Waals surface area contributed by atoms with Gasteiger partial charge in [0.2, 0.25) is 0 Å². The molecule has 0 aliphatic heterocycles. The van der Waals surface area contributed by atoms with Crippen LogP contribution in [0.4, 0.5) is 10.5 Å². The average molecular weight is 226 g/mol. The van der Waals surface area contributed by atoms with E-state index in [2.05, 4.69) is 15.7 Å². The SMILES string of the molecule is CCCNC(=O)Nc1cnn(CCOC)c1. The third-order valence-electron chi connectivity index (χ3n) is 1.95. The van der Waals surface area contributed by atoms with Crippen molar-refractivity contribution in [1.82, 2.24) is 15.1 Å². The van der Waals surface area contributed by atoms with Crippen LogP contribution in [0.25, 0.3) is 0 Å². The summed E-state index contributed by atoms with van der Waals surface area (Å²) in [5.41, 5.74) is 0.685. The molecule has 0 bridgehead atoms. The van der Waals surface area contributed by atoms with Gasteiger partial charge in [-0.3, -0.25) is 4.68 Å². The van der Waals surface area contributed by atoms with E-state index in [9.17, 15) is 4.79 Å². The highest BCUT2D eigenvalue weighted by molar-refractivity contribution is 5.88. The molecule has 0 fully saturated rings.